The summed E-state index contributed by atoms with van der Waals surface area (Å²) in [5.74, 6) is -0.0942. The van der Waals surface area contributed by atoms with E-state index >= 15 is 0 Å². The first-order chi connectivity index (χ1) is 20.8. The Kier molecular flexibility index (Phi) is 6.98. The lowest BCUT2D eigenvalue weighted by Gasteiger charge is -2.41. The lowest BCUT2D eigenvalue weighted by molar-refractivity contribution is 0.0699. The molecule has 9 heteroatoms. The Labute approximate surface area is 251 Å². The van der Waals surface area contributed by atoms with Crippen LogP contribution in [0.5, 0.6) is 0 Å². The Morgan fingerprint density at radius 2 is 1.72 bits per heavy atom. The molecule has 3 aromatic carbocycles. The van der Waals surface area contributed by atoms with Crippen molar-refractivity contribution in [3.05, 3.63) is 108 Å². The molecule has 220 valence electrons. The van der Waals surface area contributed by atoms with Gasteiger partial charge in [-0.15, -0.1) is 0 Å². The Hall–Kier alpha value is -4.15. The standard InChI is InChI=1S/C34H34N4O4S/c1-23-7-6-10-28-31(23)25(22-37(28)16-15-36-17-19-43(41,42)20-18-36)21-29-33(35-30-11-4-5-14-38(29)30)27-13-12-24-8-2-3-9-26(24)32(27)34(39)40/h2-14,22,41-42H,15-21H2,1H3,(H,39,40). The van der Waals surface area contributed by atoms with Crippen LogP contribution < -0.4 is 0 Å². The molecule has 43 heavy (non-hydrogen) atoms. The van der Waals surface area contributed by atoms with E-state index in [-0.39, 0.29) is 5.56 Å². The number of rotatable bonds is 7. The highest BCUT2D eigenvalue weighted by Gasteiger charge is 2.25. The van der Waals surface area contributed by atoms with E-state index in [1.807, 2.05) is 60.8 Å². The van der Waals surface area contributed by atoms with Crippen LogP contribution in [0.25, 0.3) is 38.6 Å². The topological polar surface area (TPSA) is 103 Å². The molecule has 0 amide bonds. The van der Waals surface area contributed by atoms with Gasteiger partial charge in [0, 0.05) is 61.5 Å². The second kappa shape index (κ2) is 10.8. The van der Waals surface area contributed by atoms with Gasteiger partial charge in [-0.1, -0.05) is 54.6 Å². The molecule has 4 heterocycles. The molecular formula is C34H34N4O4S. The number of benzene rings is 3. The second-order valence-electron chi connectivity index (χ2n) is 11.4. The molecule has 0 bridgehead atoms. The molecule has 8 nitrogen and oxygen atoms in total. The van der Waals surface area contributed by atoms with Gasteiger partial charge in [0.1, 0.15) is 5.65 Å². The van der Waals surface area contributed by atoms with Gasteiger partial charge in [-0.2, -0.15) is 10.6 Å². The van der Waals surface area contributed by atoms with Crippen LogP contribution in [0.1, 0.15) is 27.2 Å². The van der Waals surface area contributed by atoms with Crippen LogP contribution in [0, 0.1) is 6.92 Å². The number of carboxylic acids is 1. The van der Waals surface area contributed by atoms with Crippen LogP contribution in [0.15, 0.2) is 85.2 Å². The van der Waals surface area contributed by atoms with Crippen molar-refractivity contribution in [2.75, 3.05) is 31.1 Å². The number of aryl methyl sites for hydroxylation is 1. The zero-order valence-electron chi connectivity index (χ0n) is 24.0. The molecule has 1 saturated heterocycles. The maximum absolute atomic E-state index is 12.7. The summed E-state index contributed by atoms with van der Waals surface area (Å²) < 4.78 is 24.4. The van der Waals surface area contributed by atoms with Crippen molar-refractivity contribution in [1.82, 2.24) is 18.9 Å². The number of carbonyl (C=O) groups is 1. The summed E-state index contributed by atoms with van der Waals surface area (Å²) in [6.07, 6.45) is 4.79. The molecule has 1 aliphatic rings. The Balaban J connectivity index is 1.32. The maximum atomic E-state index is 12.7. The Morgan fingerprint density at radius 1 is 0.930 bits per heavy atom. The van der Waals surface area contributed by atoms with Crippen molar-refractivity contribution in [2.45, 2.75) is 19.9 Å². The minimum atomic E-state index is -2.42. The van der Waals surface area contributed by atoms with Crippen molar-refractivity contribution < 1.29 is 19.0 Å². The van der Waals surface area contributed by atoms with Gasteiger partial charge in [0.05, 0.1) is 28.5 Å². The minimum Gasteiger partial charge on any atom is -0.478 e. The van der Waals surface area contributed by atoms with E-state index in [2.05, 4.69) is 45.2 Å². The third kappa shape index (κ3) is 5.08. The van der Waals surface area contributed by atoms with Crippen LogP contribution in [0.2, 0.25) is 0 Å². The Bertz CT molecular complexity index is 2000. The summed E-state index contributed by atoms with van der Waals surface area (Å²) in [4.78, 5) is 20.0. The molecule has 0 atom stereocenters. The van der Waals surface area contributed by atoms with Gasteiger partial charge >= 0.3 is 5.97 Å². The molecule has 3 aromatic heterocycles. The molecule has 6 aromatic rings. The first kappa shape index (κ1) is 27.7. The SMILES string of the molecule is Cc1cccc2c1c(Cc1c(-c3ccc4ccccc4c3C(=O)O)nc3ccccn13)cn2CCN1CCS(O)(O)CC1. The average Bonchev–Trinajstić information content (AvgIpc) is 3.55. The van der Waals surface area contributed by atoms with E-state index in [0.29, 0.717) is 47.7 Å². The summed E-state index contributed by atoms with van der Waals surface area (Å²) in [7, 11) is -2.42. The third-order valence-electron chi connectivity index (χ3n) is 8.70. The molecule has 0 radical (unpaired) electrons. The molecular weight excluding hydrogens is 560 g/mol. The number of nitrogens with zero attached hydrogens (tertiary/aromatic N) is 4. The number of hydrogen-bond acceptors (Lipinski definition) is 5. The fraction of sp³-hybridized carbons (Fsp3) is 0.235. The molecule has 0 saturated carbocycles. The molecule has 3 N–H and O–H groups in total. The van der Waals surface area contributed by atoms with Crippen LogP contribution in [0.3, 0.4) is 0 Å². The van der Waals surface area contributed by atoms with Crippen molar-refractivity contribution in [1.29, 1.82) is 0 Å². The number of aromatic carboxylic acids is 1. The van der Waals surface area contributed by atoms with Crippen LogP contribution in [-0.2, 0) is 13.0 Å². The minimum absolute atomic E-state index is 0.263. The molecule has 0 spiro atoms. The van der Waals surface area contributed by atoms with Gasteiger partial charge < -0.3 is 14.1 Å². The predicted molar refractivity (Wildman–Crippen MR) is 174 cm³/mol. The highest BCUT2D eigenvalue weighted by Crippen LogP contribution is 2.40. The quantitative estimate of drug-likeness (QED) is 0.188. The predicted octanol–water partition coefficient (Wildman–Crippen LogP) is 6.77. The smallest absolute Gasteiger partial charge is 0.337 e. The Morgan fingerprint density at radius 3 is 2.53 bits per heavy atom. The van der Waals surface area contributed by atoms with Crippen LogP contribution in [-0.4, -0.2) is 70.2 Å². The van der Waals surface area contributed by atoms with Crippen LogP contribution in [0.4, 0.5) is 0 Å². The van der Waals surface area contributed by atoms with Crippen molar-refractivity contribution in [3.8, 4) is 11.3 Å². The summed E-state index contributed by atoms with van der Waals surface area (Å²) in [5, 5.41) is 13.2. The van der Waals surface area contributed by atoms with Gasteiger partial charge in [0.2, 0.25) is 0 Å². The summed E-state index contributed by atoms with van der Waals surface area (Å²) in [6.45, 7) is 5.12. The molecule has 7 rings (SSSR count). The number of fused-ring (bicyclic) bond motifs is 3. The van der Waals surface area contributed by atoms with Crippen molar-refractivity contribution in [3.63, 3.8) is 0 Å². The average molecular weight is 595 g/mol. The van der Waals surface area contributed by atoms with Gasteiger partial charge in [0.25, 0.3) is 0 Å². The van der Waals surface area contributed by atoms with Crippen molar-refractivity contribution >= 4 is 43.9 Å². The lowest BCUT2D eigenvalue weighted by Crippen LogP contribution is -2.39. The van der Waals surface area contributed by atoms with E-state index < -0.39 is 16.6 Å². The van der Waals surface area contributed by atoms with Crippen molar-refractivity contribution in [2.24, 2.45) is 0 Å². The number of pyridine rings is 1. The van der Waals surface area contributed by atoms with Crippen LogP contribution >= 0.6 is 10.6 Å². The normalized spacial score (nSPS) is 16.3. The van der Waals surface area contributed by atoms with Gasteiger partial charge in [-0.3, -0.25) is 14.0 Å². The highest BCUT2D eigenvalue weighted by atomic mass is 32.3. The molecule has 0 aliphatic carbocycles. The summed E-state index contributed by atoms with van der Waals surface area (Å²) >= 11 is 0. The fourth-order valence-corrected chi connectivity index (χ4v) is 7.80. The number of imidazole rings is 1. The van der Waals surface area contributed by atoms with Gasteiger partial charge in [0.15, 0.2) is 0 Å². The second-order valence-corrected chi connectivity index (χ2v) is 13.8. The third-order valence-corrected chi connectivity index (χ3v) is 10.4. The fourth-order valence-electron chi connectivity index (χ4n) is 6.50. The largest absolute Gasteiger partial charge is 0.478 e. The zero-order valence-corrected chi connectivity index (χ0v) is 24.8. The van der Waals surface area contributed by atoms with Gasteiger partial charge in [-0.05, 0) is 47.0 Å². The van der Waals surface area contributed by atoms with E-state index in [1.165, 1.54) is 10.9 Å². The van der Waals surface area contributed by atoms with E-state index in [4.69, 9.17) is 4.98 Å². The van der Waals surface area contributed by atoms with Gasteiger partial charge in [-0.25, -0.2) is 9.78 Å². The summed E-state index contributed by atoms with van der Waals surface area (Å²) in [5.41, 5.74) is 6.77. The van der Waals surface area contributed by atoms with E-state index in [0.717, 1.165) is 40.9 Å². The number of hydrogen-bond donors (Lipinski definition) is 3. The summed E-state index contributed by atoms with van der Waals surface area (Å²) in [6, 6.07) is 23.7. The molecule has 1 fully saturated rings. The number of aromatic nitrogens is 3. The van der Waals surface area contributed by atoms with E-state index in [9.17, 15) is 19.0 Å². The maximum Gasteiger partial charge on any atom is 0.337 e. The first-order valence-electron chi connectivity index (χ1n) is 14.5. The zero-order chi connectivity index (χ0) is 29.7. The molecule has 0 unspecified atom stereocenters. The number of carboxylic acid groups (broad SMARTS) is 1. The monoisotopic (exact) mass is 594 g/mol. The highest BCUT2D eigenvalue weighted by molar-refractivity contribution is 8.24. The lowest BCUT2D eigenvalue weighted by atomic mass is 9.94. The van der Waals surface area contributed by atoms with E-state index in [1.54, 1.807) is 0 Å². The molecule has 1 aliphatic heterocycles. The first-order valence-corrected chi connectivity index (χ1v) is 16.4.